The number of pyridine rings is 1. The summed E-state index contributed by atoms with van der Waals surface area (Å²) in [5, 5.41) is 0.708. The van der Waals surface area contributed by atoms with Gasteiger partial charge in [0.15, 0.2) is 5.78 Å². The number of rotatable bonds is 7. The van der Waals surface area contributed by atoms with Gasteiger partial charge in [0.05, 0.1) is 5.69 Å². The van der Waals surface area contributed by atoms with Gasteiger partial charge in [0.2, 0.25) is 0 Å². The molecule has 27 heavy (non-hydrogen) atoms. The van der Waals surface area contributed by atoms with Gasteiger partial charge in [-0.25, -0.2) is 0 Å². The SMILES string of the molecule is O=C(C=Cc1ccc(OCc2ccc(Cl)cc2)cc1)C=Cc1ccccn1. The van der Waals surface area contributed by atoms with Crippen molar-refractivity contribution < 1.29 is 9.53 Å². The molecule has 0 fully saturated rings. The lowest BCUT2D eigenvalue weighted by atomic mass is 10.2. The molecule has 0 saturated carbocycles. The van der Waals surface area contributed by atoms with Gasteiger partial charge < -0.3 is 4.74 Å². The Balaban J connectivity index is 1.52. The lowest BCUT2D eigenvalue weighted by Gasteiger charge is -2.06. The molecule has 2 aromatic carbocycles. The summed E-state index contributed by atoms with van der Waals surface area (Å²) in [7, 11) is 0. The van der Waals surface area contributed by atoms with E-state index in [4.69, 9.17) is 16.3 Å². The number of ketones is 1. The summed E-state index contributed by atoms with van der Waals surface area (Å²) in [4.78, 5) is 16.0. The second-order valence-electron chi connectivity index (χ2n) is 5.81. The maximum atomic E-state index is 11.9. The fourth-order valence-corrected chi connectivity index (χ4v) is 2.42. The van der Waals surface area contributed by atoms with Gasteiger partial charge in [-0.1, -0.05) is 48.0 Å². The third-order valence-corrected chi connectivity index (χ3v) is 4.00. The van der Waals surface area contributed by atoms with Crippen molar-refractivity contribution in [3.05, 3.63) is 107 Å². The predicted molar refractivity (Wildman–Crippen MR) is 110 cm³/mol. The van der Waals surface area contributed by atoms with Crippen LogP contribution in [0.1, 0.15) is 16.8 Å². The molecule has 0 atom stereocenters. The second-order valence-corrected chi connectivity index (χ2v) is 6.24. The Hall–Kier alpha value is -3.17. The van der Waals surface area contributed by atoms with Crippen molar-refractivity contribution in [1.82, 2.24) is 4.98 Å². The monoisotopic (exact) mass is 375 g/mol. The molecule has 3 nitrogen and oxygen atoms in total. The summed E-state index contributed by atoms with van der Waals surface area (Å²) >= 11 is 5.87. The van der Waals surface area contributed by atoms with Gasteiger partial charge in [-0.05, 0) is 65.8 Å². The number of nitrogens with zero attached hydrogens (tertiary/aromatic N) is 1. The van der Waals surface area contributed by atoms with Gasteiger partial charge in [-0.15, -0.1) is 0 Å². The fourth-order valence-electron chi connectivity index (χ4n) is 2.30. The number of allylic oxidation sites excluding steroid dienone is 2. The Labute approximate surface area is 163 Å². The summed E-state index contributed by atoms with van der Waals surface area (Å²) in [6, 6.07) is 20.7. The zero-order chi connectivity index (χ0) is 18.9. The van der Waals surface area contributed by atoms with Crippen molar-refractivity contribution in [2.75, 3.05) is 0 Å². The van der Waals surface area contributed by atoms with Crippen LogP contribution < -0.4 is 4.74 Å². The number of hydrogen-bond acceptors (Lipinski definition) is 3. The molecule has 1 heterocycles. The van der Waals surface area contributed by atoms with Crippen LogP contribution in [-0.2, 0) is 11.4 Å². The molecule has 1 aromatic heterocycles. The number of aromatic nitrogens is 1. The highest BCUT2D eigenvalue weighted by Crippen LogP contribution is 2.16. The van der Waals surface area contributed by atoms with Crippen molar-refractivity contribution in [1.29, 1.82) is 0 Å². The Morgan fingerprint density at radius 3 is 2.37 bits per heavy atom. The highest BCUT2D eigenvalue weighted by Gasteiger charge is 1.97. The van der Waals surface area contributed by atoms with Crippen LogP contribution in [0.25, 0.3) is 12.2 Å². The summed E-state index contributed by atoms with van der Waals surface area (Å²) in [5.41, 5.74) is 2.73. The first kappa shape index (κ1) is 18.6. The van der Waals surface area contributed by atoms with E-state index in [-0.39, 0.29) is 5.78 Å². The first-order valence-corrected chi connectivity index (χ1v) is 8.85. The Morgan fingerprint density at radius 1 is 0.926 bits per heavy atom. The van der Waals surface area contributed by atoms with E-state index in [9.17, 15) is 4.79 Å². The van der Waals surface area contributed by atoms with Crippen molar-refractivity contribution in [2.45, 2.75) is 6.61 Å². The standard InChI is InChI=1S/C23H18ClNO2/c24-20-9-4-19(5-10-20)17-27-23-14-7-18(8-15-23)6-12-22(26)13-11-21-3-1-2-16-25-21/h1-16H,17H2. The molecule has 0 aliphatic carbocycles. The van der Waals surface area contributed by atoms with Crippen molar-refractivity contribution in [2.24, 2.45) is 0 Å². The Bertz CT molecular complexity index is 930. The van der Waals surface area contributed by atoms with Gasteiger partial charge in [0.25, 0.3) is 0 Å². The Kier molecular flexibility index (Phi) is 6.55. The van der Waals surface area contributed by atoms with Gasteiger partial charge in [0, 0.05) is 11.2 Å². The third-order valence-electron chi connectivity index (χ3n) is 3.75. The van der Waals surface area contributed by atoms with Crippen LogP contribution >= 0.6 is 11.6 Å². The van der Waals surface area contributed by atoms with E-state index in [0.29, 0.717) is 11.6 Å². The molecule has 0 amide bonds. The lowest BCUT2D eigenvalue weighted by molar-refractivity contribution is -0.110. The lowest BCUT2D eigenvalue weighted by Crippen LogP contribution is -1.94. The topological polar surface area (TPSA) is 39.2 Å². The molecular formula is C23H18ClNO2. The number of carbonyl (C=O) groups is 1. The van der Waals surface area contributed by atoms with Gasteiger partial charge in [-0.2, -0.15) is 0 Å². The summed E-state index contributed by atoms with van der Waals surface area (Å²) < 4.78 is 5.75. The van der Waals surface area contributed by atoms with Crippen LogP contribution in [0.5, 0.6) is 5.75 Å². The number of ether oxygens (including phenoxy) is 1. The molecule has 0 N–H and O–H groups in total. The normalized spacial score (nSPS) is 11.1. The number of hydrogen-bond donors (Lipinski definition) is 0. The summed E-state index contributed by atoms with van der Waals surface area (Å²) in [5.74, 6) is 0.673. The molecular weight excluding hydrogens is 358 g/mol. The van der Waals surface area contributed by atoms with E-state index in [1.807, 2.05) is 66.7 Å². The van der Waals surface area contributed by atoms with E-state index < -0.39 is 0 Å². The molecule has 3 rings (SSSR count). The van der Waals surface area contributed by atoms with Crippen LogP contribution in [-0.4, -0.2) is 10.8 Å². The quantitative estimate of drug-likeness (QED) is 0.504. The van der Waals surface area contributed by atoms with Gasteiger partial charge in [0.1, 0.15) is 12.4 Å². The Morgan fingerprint density at radius 2 is 1.67 bits per heavy atom. The van der Waals surface area contributed by atoms with Crippen LogP contribution in [0.3, 0.4) is 0 Å². The number of halogens is 1. The molecule has 0 aliphatic rings. The van der Waals surface area contributed by atoms with Crippen molar-refractivity contribution >= 4 is 29.5 Å². The zero-order valence-electron chi connectivity index (χ0n) is 14.6. The minimum atomic E-state index is -0.0938. The molecule has 0 bridgehead atoms. The zero-order valence-corrected chi connectivity index (χ0v) is 15.3. The predicted octanol–water partition coefficient (Wildman–Crippen LogP) is 5.61. The molecule has 0 aliphatic heterocycles. The fraction of sp³-hybridized carbons (Fsp3) is 0.0435. The number of benzene rings is 2. The maximum Gasteiger partial charge on any atom is 0.178 e. The molecule has 134 valence electrons. The van der Waals surface area contributed by atoms with Crippen LogP contribution in [0.4, 0.5) is 0 Å². The summed E-state index contributed by atoms with van der Waals surface area (Å²) in [6.45, 7) is 0.475. The molecule has 0 spiro atoms. The molecule has 0 radical (unpaired) electrons. The van der Waals surface area contributed by atoms with Crippen molar-refractivity contribution in [3.8, 4) is 5.75 Å². The van der Waals surface area contributed by atoms with Crippen LogP contribution in [0.15, 0.2) is 85.1 Å². The molecule has 3 aromatic rings. The van der Waals surface area contributed by atoms with Gasteiger partial charge in [-0.3, -0.25) is 9.78 Å². The minimum Gasteiger partial charge on any atom is -0.489 e. The first-order chi connectivity index (χ1) is 13.2. The van der Waals surface area contributed by atoms with Crippen LogP contribution in [0.2, 0.25) is 5.02 Å². The molecule has 0 unspecified atom stereocenters. The summed E-state index contributed by atoms with van der Waals surface area (Å²) in [6.07, 6.45) is 8.19. The average molecular weight is 376 g/mol. The average Bonchev–Trinajstić information content (AvgIpc) is 2.72. The van der Waals surface area contributed by atoms with E-state index >= 15 is 0 Å². The minimum absolute atomic E-state index is 0.0938. The highest BCUT2D eigenvalue weighted by atomic mass is 35.5. The largest absolute Gasteiger partial charge is 0.489 e. The molecule has 0 saturated heterocycles. The van der Waals surface area contributed by atoms with E-state index in [2.05, 4.69) is 4.98 Å². The smallest absolute Gasteiger partial charge is 0.178 e. The number of carbonyl (C=O) groups excluding carboxylic acids is 1. The van der Waals surface area contributed by atoms with Crippen molar-refractivity contribution in [3.63, 3.8) is 0 Å². The van der Waals surface area contributed by atoms with E-state index in [1.165, 1.54) is 12.2 Å². The van der Waals surface area contributed by atoms with Crippen LogP contribution in [0, 0.1) is 0 Å². The van der Waals surface area contributed by atoms with E-state index in [0.717, 1.165) is 22.6 Å². The second kappa shape index (κ2) is 9.51. The molecule has 4 heteroatoms. The first-order valence-electron chi connectivity index (χ1n) is 8.47. The third kappa shape index (κ3) is 6.24. The highest BCUT2D eigenvalue weighted by molar-refractivity contribution is 6.30. The van der Waals surface area contributed by atoms with Gasteiger partial charge >= 0.3 is 0 Å². The van der Waals surface area contributed by atoms with E-state index in [1.54, 1.807) is 18.3 Å². The maximum absolute atomic E-state index is 11.9.